The van der Waals surface area contributed by atoms with Crippen molar-refractivity contribution in [3.05, 3.63) is 0 Å². The molecule has 0 aromatic carbocycles. The Morgan fingerprint density at radius 3 is 2.14 bits per heavy atom. The van der Waals surface area contributed by atoms with Gasteiger partial charge in [-0.25, -0.2) is 0 Å². The summed E-state index contributed by atoms with van der Waals surface area (Å²) in [6, 6.07) is 0.376. The highest BCUT2D eigenvalue weighted by Gasteiger charge is 2.26. The quantitative estimate of drug-likeness (QED) is 0.701. The van der Waals surface area contributed by atoms with E-state index in [-0.39, 0.29) is 11.5 Å². The second-order valence-electron chi connectivity index (χ2n) is 5.24. The number of hydrogen-bond donors (Lipinski definition) is 2. The van der Waals surface area contributed by atoms with Gasteiger partial charge in [-0.05, 0) is 25.8 Å². The molecule has 0 amide bonds. The molecule has 0 rings (SSSR count). The average Bonchev–Trinajstić information content (AvgIpc) is 1.99. The number of nitrogens with zero attached hydrogens (tertiary/aromatic N) is 1. The Morgan fingerprint density at radius 2 is 1.86 bits per heavy atom. The molecule has 0 aliphatic rings. The summed E-state index contributed by atoms with van der Waals surface area (Å²) in [4.78, 5) is 2.24. The smallest absolute Gasteiger partial charge is 0.0524 e. The van der Waals surface area contributed by atoms with E-state index >= 15 is 0 Å². The van der Waals surface area contributed by atoms with E-state index in [2.05, 4.69) is 32.7 Å². The fourth-order valence-electron chi connectivity index (χ4n) is 1.74. The maximum absolute atomic E-state index is 9.20. The van der Waals surface area contributed by atoms with Gasteiger partial charge in [0.25, 0.3) is 0 Å². The minimum absolute atomic E-state index is 0.197. The van der Waals surface area contributed by atoms with Crippen molar-refractivity contribution in [2.75, 3.05) is 20.1 Å². The molecule has 0 bridgehead atoms. The van der Waals surface area contributed by atoms with Crippen molar-refractivity contribution < 1.29 is 5.11 Å². The summed E-state index contributed by atoms with van der Waals surface area (Å²) in [6.07, 6.45) is 0.583. The van der Waals surface area contributed by atoms with Gasteiger partial charge >= 0.3 is 0 Å². The molecule has 14 heavy (non-hydrogen) atoms. The third kappa shape index (κ3) is 4.94. The van der Waals surface area contributed by atoms with E-state index in [1.807, 2.05) is 6.92 Å². The zero-order chi connectivity index (χ0) is 11.4. The van der Waals surface area contributed by atoms with E-state index in [0.717, 1.165) is 13.0 Å². The van der Waals surface area contributed by atoms with E-state index in [0.29, 0.717) is 12.6 Å². The molecule has 3 N–H and O–H groups in total. The summed E-state index contributed by atoms with van der Waals surface area (Å²) in [7, 11) is 2.07. The summed E-state index contributed by atoms with van der Waals surface area (Å²) in [5.41, 5.74) is 5.96. The fraction of sp³-hybridized carbons (Fsp3) is 1.00. The van der Waals surface area contributed by atoms with Crippen LogP contribution in [0.2, 0.25) is 0 Å². The number of hydrogen-bond acceptors (Lipinski definition) is 3. The van der Waals surface area contributed by atoms with E-state index in [9.17, 15) is 5.11 Å². The predicted octanol–water partition coefficient (Wildman–Crippen LogP) is 1.06. The minimum Gasteiger partial charge on any atom is -0.393 e. The van der Waals surface area contributed by atoms with Crippen LogP contribution < -0.4 is 5.73 Å². The summed E-state index contributed by atoms with van der Waals surface area (Å²) in [5, 5.41) is 9.20. The van der Waals surface area contributed by atoms with Crippen molar-refractivity contribution in [1.29, 1.82) is 0 Å². The molecule has 0 aromatic rings. The molecule has 0 aromatic heterocycles. The molecule has 0 saturated carbocycles. The monoisotopic (exact) mass is 202 g/mol. The van der Waals surface area contributed by atoms with E-state index in [1.54, 1.807) is 0 Å². The highest BCUT2D eigenvalue weighted by Crippen LogP contribution is 2.22. The molecular weight excluding hydrogens is 176 g/mol. The molecule has 0 aliphatic heterocycles. The number of likely N-dealkylation sites (N-methyl/N-ethyl adjacent to an activating group) is 1. The SMILES string of the molecule is CC(O)CCN(C)C(CN)C(C)(C)C. The van der Waals surface area contributed by atoms with Crippen molar-refractivity contribution in [3.63, 3.8) is 0 Å². The molecule has 2 atom stereocenters. The first-order valence-corrected chi connectivity index (χ1v) is 5.37. The van der Waals surface area contributed by atoms with Gasteiger partial charge in [0.1, 0.15) is 0 Å². The van der Waals surface area contributed by atoms with Crippen LogP contribution in [0.25, 0.3) is 0 Å². The Morgan fingerprint density at radius 1 is 1.36 bits per heavy atom. The molecule has 3 heteroatoms. The Hall–Kier alpha value is -0.120. The second-order valence-corrected chi connectivity index (χ2v) is 5.24. The first kappa shape index (κ1) is 13.9. The predicted molar refractivity (Wildman–Crippen MR) is 61.2 cm³/mol. The minimum atomic E-state index is -0.226. The largest absolute Gasteiger partial charge is 0.393 e. The Kier molecular flexibility index (Phi) is 5.64. The fourth-order valence-corrected chi connectivity index (χ4v) is 1.74. The van der Waals surface area contributed by atoms with Crippen LogP contribution in [0.1, 0.15) is 34.1 Å². The van der Waals surface area contributed by atoms with Crippen LogP contribution in [0.5, 0.6) is 0 Å². The maximum Gasteiger partial charge on any atom is 0.0524 e. The molecule has 0 spiro atoms. The lowest BCUT2D eigenvalue weighted by molar-refractivity contribution is 0.105. The number of aliphatic hydroxyl groups is 1. The van der Waals surface area contributed by atoms with Crippen molar-refractivity contribution in [2.45, 2.75) is 46.3 Å². The van der Waals surface area contributed by atoms with Gasteiger partial charge < -0.3 is 15.7 Å². The number of rotatable bonds is 5. The lowest BCUT2D eigenvalue weighted by Gasteiger charge is -2.37. The first-order chi connectivity index (χ1) is 6.29. The number of nitrogens with two attached hydrogens (primary N) is 1. The van der Waals surface area contributed by atoms with Gasteiger partial charge in [-0.2, -0.15) is 0 Å². The van der Waals surface area contributed by atoms with Crippen LogP contribution in [0.4, 0.5) is 0 Å². The van der Waals surface area contributed by atoms with Crippen molar-refractivity contribution in [3.8, 4) is 0 Å². The Balaban J connectivity index is 4.12. The average molecular weight is 202 g/mol. The zero-order valence-corrected chi connectivity index (χ0v) is 10.2. The van der Waals surface area contributed by atoms with E-state index in [1.165, 1.54) is 0 Å². The van der Waals surface area contributed by atoms with Gasteiger partial charge in [0, 0.05) is 19.1 Å². The Bertz CT molecular complexity index is 152. The van der Waals surface area contributed by atoms with Gasteiger partial charge in [0.15, 0.2) is 0 Å². The van der Waals surface area contributed by atoms with Crippen LogP contribution in [-0.2, 0) is 0 Å². The summed E-state index contributed by atoms with van der Waals surface area (Å²) >= 11 is 0. The molecule has 3 nitrogen and oxygen atoms in total. The number of aliphatic hydroxyl groups excluding tert-OH is 1. The Labute approximate surface area is 88.3 Å². The molecular formula is C11H26N2O. The third-order valence-corrected chi connectivity index (χ3v) is 2.65. The first-order valence-electron chi connectivity index (χ1n) is 5.37. The molecule has 0 heterocycles. The molecule has 86 valence electrons. The topological polar surface area (TPSA) is 49.5 Å². The van der Waals surface area contributed by atoms with Crippen molar-refractivity contribution >= 4 is 0 Å². The molecule has 0 fully saturated rings. The normalized spacial score (nSPS) is 17.1. The zero-order valence-electron chi connectivity index (χ0n) is 10.2. The van der Waals surface area contributed by atoms with E-state index in [4.69, 9.17) is 5.73 Å². The van der Waals surface area contributed by atoms with Gasteiger partial charge in [-0.15, -0.1) is 0 Å². The maximum atomic E-state index is 9.20. The highest BCUT2D eigenvalue weighted by atomic mass is 16.3. The molecule has 0 radical (unpaired) electrons. The summed E-state index contributed by atoms with van der Waals surface area (Å²) < 4.78 is 0. The molecule has 0 aliphatic carbocycles. The van der Waals surface area contributed by atoms with Crippen LogP contribution >= 0.6 is 0 Å². The standard InChI is InChI=1S/C11H26N2O/c1-9(14)6-7-13(5)10(8-12)11(2,3)4/h9-10,14H,6-8,12H2,1-5H3. The second kappa shape index (κ2) is 5.69. The lowest BCUT2D eigenvalue weighted by Crippen LogP contribution is -2.47. The van der Waals surface area contributed by atoms with Crippen LogP contribution in [0.3, 0.4) is 0 Å². The van der Waals surface area contributed by atoms with Gasteiger partial charge in [0.05, 0.1) is 6.10 Å². The van der Waals surface area contributed by atoms with Gasteiger partial charge in [-0.3, -0.25) is 0 Å². The molecule has 2 unspecified atom stereocenters. The summed E-state index contributed by atoms with van der Waals surface area (Å²) in [6.45, 7) is 9.98. The molecule has 0 saturated heterocycles. The van der Waals surface area contributed by atoms with Crippen LogP contribution in [0.15, 0.2) is 0 Å². The summed E-state index contributed by atoms with van der Waals surface area (Å²) in [5.74, 6) is 0. The van der Waals surface area contributed by atoms with Crippen molar-refractivity contribution in [1.82, 2.24) is 4.90 Å². The highest BCUT2D eigenvalue weighted by molar-refractivity contribution is 4.82. The van der Waals surface area contributed by atoms with E-state index < -0.39 is 0 Å². The van der Waals surface area contributed by atoms with Crippen LogP contribution in [0, 0.1) is 5.41 Å². The van der Waals surface area contributed by atoms with Gasteiger partial charge in [0.2, 0.25) is 0 Å². The lowest BCUT2D eigenvalue weighted by atomic mass is 9.86. The third-order valence-electron chi connectivity index (χ3n) is 2.65. The van der Waals surface area contributed by atoms with Crippen molar-refractivity contribution in [2.24, 2.45) is 11.1 Å². The van der Waals surface area contributed by atoms with Gasteiger partial charge in [-0.1, -0.05) is 20.8 Å². The van der Waals surface area contributed by atoms with Crippen LogP contribution in [-0.4, -0.2) is 42.3 Å².